The van der Waals surface area contributed by atoms with Crippen molar-refractivity contribution in [2.75, 3.05) is 26.2 Å². The first-order chi connectivity index (χ1) is 11.6. The number of halogens is 1. The highest BCUT2D eigenvalue weighted by atomic mass is 19.1. The van der Waals surface area contributed by atoms with Gasteiger partial charge < -0.3 is 14.7 Å². The smallest absolute Gasteiger partial charge is 0.320 e. The molecule has 3 amide bonds. The van der Waals surface area contributed by atoms with Gasteiger partial charge in [0, 0.05) is 37.8 Å². The molecule has 0 aliphatic carbocycles. The molecule has 3 fully saturated rings. The molecule has 5 nitrogen and oxygen atoms in total. The Morgan fingerprint density at radius 3 is 2.33 bits per heavy atom. The SMILES string of the molecule is O=C(c1ccc(F)cc1)N1CCC(N2CC3CCCN3C2=O)CC1. The molecule has 3 aliphatic rings. The fraction of sp³-hybridized carbons (Fsp3) is 0.556. The Hall–Kier alpha value is -2.11. The van der Waals surface area contributed by atoms with E-state index >= 15 is 0 Å². The zero-order chi connectivity index (χ0) is 16.7. The molecule has 0 bridgehead atoms. The highest BCUT2D eigenvalue weighted by molar-refractivity contribution is 5.94. The molecule has 3 saturated heterocycles. The molecule has 128 valence electrons. The molecular formula is C18H22FN3O2. The van der Waals surface area contributed by atoms with Gasteiger partial charge in [0.15, 0.2) is 0 Å². The minimum Gasteiger partial charge on any atom is -0.338 e. The van der Waals surface area contributed by atoms with Gasteiger partial charge in [-0.05, 0) is 49.9 Å². The summed E-state index contributed by atoms with van der Waals surface area (Å²) in [6.07, 6.45) is 3.87. The second kappa shape index (κ2) is 6.07. The first-order valence-corrected chi connectivity index (χ1v) is 8.75. The van der Waals surface area contributed by atoms with E-state index < -0.39 is 0 Å². The van der Waals surface area contributed by atoms with Gasteiger partial charge in [0.2, 0.25) is 0 Å². The minimum atomic E-state index is -0.335. The Kier molecular flexibility index (Phi) is 3.90. The minimum absolute atomic E-state index is 0.0539. The predicted octanol–water partition coefficient (Wildman–Crippen LogP) is 2.33. The molecule has 0 saturated carbocycles. The molecule has 0 N–H and O–H groups in total. The number of benzene rings is 1. The van der Waals surface area contributed by atoms with Crippen molar-refractivity contribution in [2.24, 2.45) is 0 Å². The summed E-state index contributed by atoms with van der Waals surface area (Å²) in [5.74, 6) is -0.389. The molecule has 24 heavy (non-hydrogen) atoms. The zero-order valence-electron chi connectivity index (χ0n) is 13.7. The molecule has 1 unspecified atom stereocenters. The maximum absolute atomic E-state index is 13.0. The van der Waals surface area contributed by atoms with Crippen LogP contribution in [0.1, 0.15) is 36.0 Å². The van der Waals surface area contributed by atoms with E-state index in [1.54, 1.807) is 0 Å². The van der Waals surface area contributed by atoms with Gasteiger partial charge in [0.05, 0.1) is 6.04 Å². The van der Waals surface area contributed by atoms with Crippen LogP contribution in [0.4, 0.5) is 9.18 Å². The van der Waals surface area contributed by atoms with Crippen LogP contribution in [0.5, 0.6) is 0 Å². The first kappa shape index (κ1) is 15.4. The Balaban J connectivity index is 1.36. The quantitative estimate of drug-likeness (QED) is 0.835. The van der Waals surface area contributed by atoms with E-state index in [0.717, 1.165) is 38.8 Å². The van der Waals surface area contributed by atoms with E-state index in [0.29, 0.717) is 24.7 Å². The second-order valence-corrected chi connectivity index (χ2v) is 6.95. The average molecular weight is 331 g/mol. The van der Waals surface area contributed by atoms with Crippen molar-refractivity contribution >= 4 is 11.9 Å². The molecule has 0 radical (unpaired) electrons. The topological polar surface area (TPSA) is 43.9 Å². The number of hydrogen-bond donors (Lipinski definition) is 0. The van der Waals surface area contributed by atoms with Crippen LogP contribution >= 0.6 is 0 Å². The summed E-state index contributed by atoms with van der Waals surface area (Å²) < 4.78 is 13.0. The lowest BCUT2D eigenvalue weighted by molar-refractivity contribution is 0.0662. The number of likely N-dealkylation sites (tertiary alicyclic amines) is 1. The van der Waals surface area contributed by atoms with Crippen molar-refractivity contribution in [2.45, 2.75) is 37.8 Å². The summed E-state index contributed by atoms with van der Waals surface area (Å²) in [5, 5.41) is 0. The highest BCUT2D eigenvalue weighted by Gasteiger charge is 2.43. The highest BCUT2D eigenvalue weighted by Crippen LogP contribution is 2.30. The Bertz CT molecular complexity index is 640. The van der Waals surface area contributed by atoms with Crippen molar-refractivity contribution in [1.29, 1.82) is 0 Å². The monoisotopic (exact) mass is 331 g/mol. The van der Waals surface area contributed by atoms with Gasteiger partial charge in [0.25, 0.3) is 5.91 Å². The van der Waals surface area contributed by atoms with Crippen LogP contribution in [0.3, 0.4) is 0 Å². The molecule has 4 rings (SSSR count). The van der Waals surface area contributed by atoms with Gasteiger partial charge in [-0.25, -0.2) is 9.18 Å². The van der Waals surface area contributed by atoms with E-state index in [4.69, 9.17) is 0 Å². The van der Waals surface area contributed by atoms with E-state index in [1.807, 2.05) is 14.7 Å². The number of hydrogen-bond acceptors (Lipinski definition) is 2. The van der Waals surface area contributed by atoms with Crippen LogP contribution < -0.4 is 0 Å². The maximum atomic E-state index is 13.0. The van der Waals surface area contributed by atoms with Crippen LogP contribution in [-0.4, -0.2) is 64.9 Å². The van der Waals surface area contributed by atoms with Crippen molar-refractivity contribution in [3.63, 3.8) is 0 Å². The fourth-order valence-corrected chi connectivity index (χ4v) is 4.21. The second-order valence-electron chi connectivity index (χ2n) is 6.95. The first-order valence-electron chi connectivity index (χ1n) is 8.75. The Labute approximate surface area is 141 Å². The number of fused-ring (bicyclic) bond motifs is 1. The predicted molar refractivity (Wildman–Crippen MR) is 87.2 cm³/mol. The van der Waals surface area contributed by atoms with Crippen LogP contribution in [0.15, 0.2) is 24.3 Å². The lowest BCUT2D eigenvalue weighted by Gasteiger charge is -2.36. The van der Waals surface area contributed by atoms with Crippen LogP contribution in [0, 0.1) is 5.82 Å². The van der Waals surface area contributed by atoms with Gasteiger partial charge in [-0.15, -0.1) is 0 Å². The molecule has 1 atom stereocenters. The molecule has 6 heteroatoms. The number of piperidine rings is 1. The van der Waals surface area contributed by atoms with E-state index in [2.05, 4.69) is 0 Å². The maximum Gasteiger partial charge on any atom is 0.320 e. The molecule has 3 aliphatic heterocycles. The van der Waals surface area contributed by atoms with Crippen LogP contribution in [0.25, 0.3) is 0 Å². The van der Waals surface area contributed by atoms with Gasteiger partial charge in [0.1, 0.15) is 5.82 Å². The summed E-state index contributed by atoms with van der Waals surface area (Å²) in [6, 6.07) is 6.51. The number of carbonyl (C=O) groups is 2. The van der Waals surface area contributed by atoms with Crippen LogP contribution in [-0.2, 0) is 0 Å². The largest absolute Gasteiger partial charge is 0.338 e. The Morgan fingerprint density at radius 1 is 0.958 bits per heavy atom. The lowest BCUT2D eigenvalue weighted by atomic mass is 10.0. The van der Waals surface area contributed by atoms with Gasteiger partial charge in [-0.1, -0.05) is 0 Å². The van der Waals surface area contributed by atoms with E-state index in [-0.39, 0.29) is 23.8 Å². The summed E-state index contributed by atoms with van der Waals surface area (Å²) in [7, 11) is 0. The molecular weight excluding hydrogens is 309 g/mol. The average Bonchev–Trinajstić information content (AvgIpc) is 3.18. The van der Waals surface area contributed by atoms with Crippen molar-refractivity contribution in [3.05, 3.63) is 35.6 Å². The summed E-state index contributed by atoms with van der Waals surface area (Å²) in [6.45, 7) is 3.03. The lowest BCUT2D eigenvalue weighted by Crippen LogP contribution is -2.48. The number of amides is 3. The van der Waals surface area contributed by atoms with Crippen molar-refractivity contribution < 1.29 is 14.0 Å². The third-order valence-corrected chi connectivity index (χ3v) is 5.56. The van der Waals surface area contributed by atoms with E-state index in [1.165, 1.54) is 24.3 Å². The summed E-state index contributed by atoms with van der Waals surface area (Å²) in [4.78, 5) is 30.8. The third-order valence-electron chi connectivity index (χ3n) is 5.56. The van der Waals surface area contributed by atoms with Crippen molar-refractivity contribution in [1.82, 2.24) is 14.7 Å². The molecule has 0 spiro atoms. The standard InChI is InChI=1S/C18H22FN3O2/c19-14-5-3-13(4-6-14)17(23)20-10-7-15(8-11-20)22-12-16-2-1-9-21(16)18(22)24/h3-6,15-16H,1-2,7-12H2. The molecule has 1 aromatic rings. The fourth-order valence-electron chi connectivity index (χ4n) is 4.21. The van der Waals surface area contributed by atoms with Crippen LogP contribution in [0.2, 0.25) is 0 Å². The summed E-state index contributed by atoms with van der Waals surface area (Å²) in [5.41, 5.74) is 0.521. The number of rotatable bonds is 2. The van der Waals surface area contributed by atoms with Crippen molar-refractivity contribution in [3.8, 4) is 0 Å². The molecule has 0 aromatic heterocycles. The van der Waals surface area contributed by atoms with E-state index in [9.17, 15) is 14.0 Å². The zero-order valence-corrected chi connectivity index (χ0v) is 13.7. The molecule has 3 heterocycles. The number of carbonyl (C=O) groups excluding carboxylic acids is 2. The molecule has 1 aromatic carbocycles. The van der Waals surface area contributed by atoms with Gasteiger partial charge in [-0.3, -0.25) is 4.79 Å². The summed E-state index contributed by atoms with van der Waals surface area (Å²) >= 11 is 0. The number of nitrogens with zero attached hydrogens (tertiary/aromatic N) is 3. The normalized spacial score (nSPS) is 24.6. The Morgan fingerprint density at radius 2 is 1.67 bits per heavy atom. The van der Waals surface area contributed by atoms with Gasteiger partial charge >= 0.3 is 6.03 Å². The number of urea groups is 1. The van der Waals surface area contributed by atoms with Gasteiger partial charge in [-0.2, -0.15) is 0 Å². The third kappa shape index (κ3) is 2.64.